The quantitative estimate of drug-likeness (QED) is 0.448. The molecule has 1 aromatic heterocycles. The van der Waals surface area contributed by atoms with Crippen molar-refractivity contribution in [3.05, 3.63) is 57.3 Å². The number of rotatable bonds is 11. The van der Waals surface area contributed by atoms with Crippen LogP contribution in [-0.2, 0) is 20.7 Å². The van der Waals surface area contributed by atoms with Gasteiger partial charge >= 0.3 is 0 Å². The average Bonchev–Trinajstić information content (AvgIpc) is 3.28. The number of carbonyl (C=O) groups is 2. The Balaban J connectivity index is 1.80. The van der Waals surface area contributed by atoms with Gasteiger partial charge in [-0.3, -0.25) is 9.59 Å². The van der Waals surface area contributed by atoms with Gasteiger partial charge in [0, 0.05) is 37.6 Å². The lowest BCUT2D eigenvalue weighted by Gasteiger charge is -2.38. The van der Waals surface area contributed by atoms with Crippen molar-refractivity contribution in [1.82, 2.24) is 9.80 Å². The van der Waals surface area contributed by atoms with Crippen LogP contribution in [0.2, 0.25) is 0 Å². The lowest BCUT2D eigenvalue weighted by molar-refractivity contribution is -0.142. The van der Waals surface area contributed by atoms with Crippen LogP contribution in [0.15, 0.2) is 35.7 Å². The minimum atomic E-state index is -0.0882. The first kappa shape index (κ1) is 24.5. The molecule has 0 saturated carbocycles. The van der Waals surface area contributed by atoms with Crippen LogP contribution in [0, 0.1) is 6.92 Å². The van der Waals surface area contributed by atoms with E-state index in [1.54, 1.807) is 16.2 Å². The van der Waals surface area contributed by atoms with E-state index in [4.69, 9.17) is 4.74 Å². The third-order valence-electron chi connectivity index (χ3n) is 6.11. The zero-order chi connectivity index (χ0) is 22.9. The Kier molecular flexibility index (Phi) is 9.30. The number of amides is 2. The SMILES string of the molecule is CCCCC(=O)N(CCCOCC)CC(=O)N1CCc2sccc2C1c1ccccc1C. The number of aryl methyl sites for hydroxylation is 1. The zero-order valence-corrected chi connectivity index (χ0v) is 20.5. The summed E-state index contributed by atoms with van der Waals surface area (Å²) in [5.74, 6) is 0.0914. The lowest BCUT2D eigenvalue weighted by Crippen LogP contribution is -2.47. The molecule has 0 fully saturated rings. The lowest BCUT2D eigenvalue weighted by atomic mass is 9.90. The molecule has 2 aromatic rings. The number of ether oxygens (including phenoxy) is 1. The first-order valence-corrected chi connectivity index (χ1v) is 12.7. The van der Waals surface area contributed by atoms with Gasteiger partial charge in [-0.15, -0.1) is 11.3 Å². The molecule has 0 radical (unpaired) electrons. The van der Waals surface area contributed by atoms with E-state index >= 15 is 0 Å². The van der Waals surface area contributed by atoms with E-state index in [0.29, 0.717) is 32.7 Å². The maximum absolute atomic E-state index is 13.6. The van der Waals surface area contributed by atoms with Gasteiger partial charge in [0.2, 0.25) is 11.8 Å². The van der Waals surface area contributed by atoms with Crippen molar-refractivity contribution in [3.8, 4) is 0 Å². The Hall–Kier alpha value is -2.18. The molecule has 0 N–H and O–H groups in total. The van der Waals surface area contributed by atoms with Gasteiger partial charge in [-0.25, -0.2) is 0 Å². The largest absolute Gasteiger partial charge is 0.382 e. The van der Waals surface area contributed by atoms with Crippen LogP contribution >= 0.6 is 11.3 Å². The molecule has 0 bridgehead atoms. The Morgan fingerprint density at radius 1 is 1.16 bits per heavy atom. The van der Waals surface area contributed by atoms with Gasteiger partial charge in [-0.05, 0) is 61.2 Å². The standard InChI is InChI=1S/C26H36N2O3S/c1-4-6-12-24(29)27(15-9-17-31-5-2)19-25(30)28-16-13-23-22(14-18-32-23)26(28)21-11-8-7-10-20(21)3/h7-8,10-11,14,18,26H,4-6,9,12-13,15-17,19H2,1-3H3. The summed E-state index contributed by atoms with van der Waals surface area (Å²) < 4.78 is 5.45. The first-order valence-electron chi connectivity index (χ1n) is 11.8. The maximum atomic E-state index is 13.6. The highest BCUT2D eigenvalue weighted by molar-refractivity contribution is 7.10. The van der Waals surface area contributed by atoms with Gasteiger partial charge in [0.05, 0.1) is 12.6 Å². The normalized spacial score (nSPS) is 15.5. The molecule has 1 aliphatic heterocycles. The molecule has 0 spiro atoms. The van der Waals surface area contributed by atoms with E-state index in [1.807, 2.05) is 24.0 Å². The second kappa shape index (κ2) is 12.2. The molecule has 1 atom stereocenters. The molecule has 1 aliphatic rings. The van der Waals surface area contributed by atoms with E-state index in [0.717, 1.165) is 25.7 Å². The molecule has 174 valence electrons. The van der Waals surface area contributed by atoms with Gasteiger partial charge in [-0.2, -0.15) is 0 Å². The van der Waals surface area contributed by atoms with Gasteiger partial charge in [-0.1, -0.05) is 37.6 Å². The van der Waals surface area contributed by atoms with Crippen molar-refractivity contribution in [2.24, 2.45) is 0 Å². The fourth-order valence-electron chi connectivity index (χ4n) is 4.35. The Labute approximate surface area is 196 Å². The Bertz CT molecular complexity index is 895. The monoisotopic (exact) mass is 456 g/mol. The van der Waals surface area contributed by atoms with Gasteiger partial charge in [0.15, 0.2) is 0 Å². The van der Waals surface area contributed by atoms with Gasteiger partial charge < -0.3 is 14.5 Å². The van der Waals surface area contributed by atoms with Crippen LogP contribution in [0.5, 0.6) is 0 Å². The van der Waals surface area contributed by atoms with Crippen molar-refractivity contribution in [1.29, 1.82) is 0 Å². The van der Waals surface area contributed by atoms with E-state index in [-0.39, 0.29) is 24.4 Å². The van der Waals surface area contributed by atoms with Crippen LogP contribution in [-0.4, -0.2) is 54.5 Å². The maximum Gasteiger partial charge on any atom is 0.242 e. The number of hydrogen-bond acceptors (Lipinski definition) is 4. The smallest absolute Gasteiger partial charge is 0.242 e. The highest BCUT2D eigenvalue weighted by Gasteiger charge is 2.34. The first-order chi connectivity index (χ1) is 15.6. The van der Waals surface area contributed by atoms with Crippen LogP contribution in [0.1, 0.15) is 67.1 Å². The van der Waals surface area contributed by atoms with Gasteiger partial charge in [0.1, 0.15) is 0 Å². The van der Waals surface area contributed by atoms with E-state index < -0.39 is 0 Å². The van der Waals surface area contributed by atoms with Crippen molar-refractivity contribution in [3.63, 3.8) is 0 Å². The van der Waals surface area contributed by atoms with Gasteiger partial charge in [0.25, 0.3) is 0 Å². The summed E-state index contributed by atoms with van der Waals surface area (Å²) >= 11 is 1.77. The Morgan fingerprint density at radius 3 is 2.72 bits per heavy atom. The molecular weight excluding hydrogens is 420 g/mol. The molecule has 0 aliphatic carbocycles. The summed E-state index contributed by atoms with van der Waals surface area (Å²) in [5, 5.41) is 2.12. The molecule has 2 amide bonds. The van der Waals surface area contributed by atoms with Crippen LogP contribution in [0.3, 0.4) is 0 Å². The van der Waals surface area contributed by atoms with E-state index in [9.17, 15) is 9.59 Å². The molecule has 0 saturated heterocycles. The van der Waals surface area contributed by atoms with Crippen molar-refractivity contribution >= 4 is 23.2 Å². The molecular formula is C26H36N2O3S. The third-order valence-corrected chi connectivity index (χ3v) is 7.11. The molecule has 2 heterocycles. The summed E-state index contributed by atoms with van der Waals surface area (Å²) in [6.45, 7) is 8.80. The summed E-state index contributed by atoms with van der Waals surface area (Å²) in [5.41, 5.74) is 3.58. The summed E-state index contributed by atoms with van der Waals surface area (Å²) in [6, 6.07) is 10.4. The van der Waals surface area contributed by atoms with E-state index in [2.05, 4.69) is 37.4 Å². The molecule has 5 nitrogen and oxygen atoms in total. The predicted octanol–water partition coefficient (Wildman–Crippen LogP) is 4.98. The number of thiophene rings is 1. The second-order valence-electron chi connectivity index (χ2n) is 8.36. The average molecular weight is 457 g/mol. The van der Waals surface area contributed by atoms with Crippen LogP contribution in [0.25, 0.3) is 0 Å². The number of fused-ring (bicyclic) bond motifs is 1. The molecule has 1 aromatic carbocycles. The molecule has 1 unspecified atom stereocenters. The minimum absolute atomic E-state index is 0.0244. The van der Waals surface area contributed by atoms with Crippen LogP contribution in [0.4, 0.5) is 0 Å². The molecule has 32 heavy (non-hydrogen) atoms. The minimum Gasteiger partial charge on any atom is -0.382 e. The Morgan fingerprint density at radius 2 is 1.97 bits per heavy atom. The summed E-state index contributed by atoms with van der Waals surface area (Å²) in [6.07, 6.45) is 3.93. The predicted molar refractivity (Wildman–Crippen MR) is 130 cm³/mol. The highest BCUT2D eigenvalue weighted by Crippen LogP contribution is 2.39. The third kappa shape index (κ3) is 5.99. The van der Waals surface area contributed by atoms with Crippen molar-refractivity contribution in [2.75, 3.05) is 32.8 Å². The fraction of sp³-hybridized carbons (Fsp3) is 0.538. The number of hydrogen-bond donors (Lipinski definition) is 0. The van der Waals surface area contributed by atoms with Crippen molar-refractivity contribution in [2.45, 2.75) is 58.9 Å². The fourth-order valence-corrected chi connectivity index (χ4v) is 5.25. The zero-order valence-electron chi connectivity index (χ0n) is 19.6. The molecule has 3 rings (SSSR count). The van der Waals surface area contributed by atoms with E-state index in [1.165, 1.54) is 21.6 Å². The van der Waals surface area contributed by atoms with Crippen LogP contribution < -0.4 is 0 Å². The second-order valence-corrected chi connectivity index (χ2v) is 9.37. The molecule has 6 heteroatoms. The number of unbranched alkanes of at least 4 members (excludes halogenated alkanes) is 1. The number of nitrogens with zero attached hydrogens (tertiary/aromatic N) is 2. The van der Waals surface area contributed by atoms with Crippen molar-refractivity contribution < 1.29 is 14.3 Å². The summed E-state index contributed by atoms with van der Waals surface area (Å²) in [4.78, 5) is 31.6. The number of carbonyl (C=O) groups excluding carboxylic acids is 2. The number of benzene rings is 1. The highest BCUT2D eigenvalue weighted by atomic mass is 32.1. The summed E-state index contributed by atoms with van der Waals surface area (Å²) in [7, 11) is 0. The topological polar surface area (TPSA) is 49.9 Å².